The number of nitrogens with zero attached hydrogens (tertiary/aromatic N) is 1. The Balaban J connectivity index is 1.48. The smallest absolute Gasteiger partial charge is 0.127 e. The number of hydrogen-bond acceptors (Lipinski definition) is 3. The lowest BCUT2D eigenvalue weighted by atomic mass is 9.84. The van der Waals surface area contributed by atoms with Crippen LogP contribution in [-0.4, -0.2) is 18.0 Å². The van der Waals surface area contributed by atoms with Gasteiger partial charge in [0.15, 0.2) is 0 Å². The number of rotatable bonds is 2. The van der Waals surface area contributed by atoms with Gasteiger partial charge in [-0.1, -0.05) is 54.6 Å². The molecule has 1 unspecified atom stereocenters. The minimum Gasteiger partial charge on any atom is -0.352 e. The Morgan fingerprint density at radius 1 is 1.00 bits per heavy atom. The van der Waals surface area contributed by atoms with E-state index in [1.54, 1.807) is 0 Å². The van der Waals surface area contributed by atoms with Crippen molar-refractivity contribution in [2.45, 2.75) is 30.4 Å². The molecule has 0 amide bonds. The molecule has 3 heteroatoms. The van der Waals surface area contributed by atoms with E-state index in [2.05, 4.69) is 72.1 Å². The summed E-state index contributed by atoms with van der Waals surface area (Å²) in [5.41, 5.74) is 3.81. The van der Waals surface area contributed by atoms with Crippen molar-refractivity contribution < 1.29 is 4.74 Å². The number of likely N-dealkylation sites (tertiary alicyclic amines) is 1. The first kappa shape index (κ1) is 14.3. The van der Waals surface area contributed by atoms with Gasteiger partial charge < -0.3 is 4.74 Å². The third kappa shape index (κ3) is 2.47. The van der Waals surface area contributed by atoms with Gasteiger partial charge in [0.05, 0.1) is 5.60 Å². The molecule has 2 nitrogen and oxygen atoms in total. The lowest BCUT2D eigenvalue weighted by molar-refractivity contribution is -0.0825. The highest BCUT2D eigenvalue weighted by Crippen LogP contribution is 2.50. The third-order valence-corrected chi connectivity index (χ3v) is 5.35. The van der Waals surface area contributed by atoms with Crippen LogP contribution in [0.25, 0.3) is 0 Å². The Morgan fingerprint density at radius 2 is 1.68 bits per heavy atom. The van der Waals surface area contributed by atoms with Crippen molar-refractivity contribution in [1.29, 1.82) is 0 Å². The van der Waals surface area contributed by atoms with Gasteiger partial charge in [-0.3, -0.25) is 4.90 Å². The Hall–Kier alpha value is -1.29. The molecule has 2 aliphatic rings. The molecule has 4 rings (SSSR count). The zero-order valence-electron chi connectivity index (χ0n) is 12.6. The largest absolute Gasteiger partial charge is 0.352 e. The van der Waals surface area contributed by atoms with Crippen molar-refractivity contribution in [1.82, 2.24) is 4.90 Å². The Bertz CT molecular complexity index is 649. The highest BCUT2D eigenvalue weighted by Gasteiger charge is 2.45. The average molecular weight is 311 g/mol. The van der Waals surface area contributed by atoms with Gasteiger partial charge in [-0.15, -0.1) is 12.6 Å². The molecular weight excluding hydrogens is 290 g/mol. The van der Waals surface area contributed by atoms with Crippen molar-refractivity contribution in [3.05, 3.63) is 71.3 Å². The van der Waals surface area contributed by atoms with Crippen LogP contribution in [-0.2, 0) is 16.9 Å². The molecule has 2 heterocycles. The lowest BCUT2D eigenvalue weighted by Crippen LogP contribution is -2.42. The molecule has 22 heavy (non-hydrogen) atoms. The maximum atomic E-state index is 6.30. The van der Waals surface area contributed by atoms with Crippen molar-refractivity contribution in [3.8, 4) is 0 Å². The molecule has 0 aliphatic carbocycles. The maximum absolute atomic E-state index is 6.30. The zero-order chi connectivity index (χ0) is 15.0. The maximum Gasteiger partial charge on any atom is 0.127 e. The van der Waals surface area contributed by atoms with E-state index in [1.807, 2.05) is 0 Å². The number of benzene rings is 2. The van der Waals surface area contributed by atoms with Crippen LogP contribution >= 0.6 is 12.6 Å². The molecule has 114 valence electrons. The summed E-state index contributed by atoms with van der Waals surface area (Å²) in [5.74, 6) is 0. The van der Waals surface area contributed by atoms with E-state index >= 15 is 0 Å². The molecule has 1 atom stereocenters. The van der Waals surface area contributed by atoms with Gasteiger partial charge in [0.2, 0.25) is 0 Å². The van der Waals surface area contributed by atoms with Crippen LogP contribution in [0.1, 0.15) is 35.0 Å². The second-order valence-corrected chi connectivity index (χ2v) is 6.78. The van der Waals surface area contributed by atoms with Crippen molar-refractivity contribution in [2.75, 3.05) is 13.1 Å². The zero-order valence-corrected chi connectivity index (χ0v) is 13.5. The number of thiol groups is 1. The molecule has 1 spiro atoms. The first-order valence-electron chi connectivity index (χ1n) is 7.98. The van der Waals surface area contributed by atoms with Crippen LogP contribution in [0.3, 0.4) is 0 Å². The molecule has 0 radical (unpaired) electrons. The fourth-order valence-electron chi connectivity index (χ4n) is 3.77. The quantitative estimate of drug-likeness (QED) is 0.837. The van der Waals surface area contributed by atoms with Crippen molar-refractivity contribution >= 4 is 12.6 Å². The van der Waals surface area contributed by atoms with Crippen LogP contribution in [0.5, 0.6) is 0 Å². The average Bonchev–Trinajstić information content (AvgIpc) is 2.84. The monoisotopic (exact) mass is 311 g/mol. The van der Waals surface area contributed by atoms with E-state index in [9.17, 15) is 0 Å². The Labute approximate surface area is 137 Å². The topological polar surface area (TPSA) is 12.5 Å². The molecular formula is C19H21NOS. The van der Waals surface area contributed by atoms with Gasteiger partial charge in [0.25, 0.3) is 0 Å². The molecule has 2 aromatic rings. The first-order chi connectivity index (χ1) is 10.8. The van der Waals surface area contributed by atoms with Gasteiger partial charge >= 0.3 is 0 Å². The summed E-state index contributed by atoms with van der Waals surface area (Å²) in [4.78, 5) is 2.53. The summed E-state index contributed by atoms with van der Waals surface area (Å²) in [6.45, 7) is 3.18. The first-order valence-corrected chi connectivity index (χ1v) is 8.50. The van der Waals surface area contributed by atoms with Gasteiger partial charge in [0.1, 0.15) is 5.44 Å². The fourth-order valence-corrected chi connectivity index (χ4v) is 4.20. The van der Waals surface area contributed by atoms with E-state index in [4.69, 9.17) is 4.74 Å². The van der Waals surface area contributed by atoms with Crippen LogP contribution in [0.4, 0.5) is 0 Å². The van der Waals surface area contributed by atoms with Crippen LogP contribution < -0.4 is 0 Å². The van der Waals surface area contributed by atoms with E-state index in [0.717, 1.165) is 32.5 Å². The molecule has 2 aliphatic heterocycles. The normalized spacial score (nSPS) is 23.6. The highest BCUT2D eigenvalue weighted by atomic mass is 32.1. The summed E-state index contributed by atoms with van der Waals surface area (Å²) in [6.07, 6.45) is 2.10. The lowest BCUT2D eigenvalue weighted by Gasteiger charge is -2.39. The van der Waals surface area contributed by atoms with Gasteiger partial charge in [-0.05, 0) is 29.5 Å². The van der Waals surface area contributed by atoms with Crippen molar-refractivity contribution in [2.24, 2.45) is 0 Å². The molecule has 2 aromatic carbocycles. The predicted molar refractivity (Wildman–Crippen MR) is 91.9 cm³/mol. The predicted octanol–water partition coefficient (Wildman–Crippen LogP) is 4.14. The van der Waals surface area contributed by atoms with E-state index in [-0.39, 0.29) is 11.0 Å². The number of piperidine rings is 1. The summed E-state index contributed by atoms with van der Waals surface area (Å²) in [6, 6.07) is 19.3. The van der Waals surface area contributed by atoms with Crippen LogP contribution in [0.2, 0.25) is 0 Å². The Morgan fingerprint density at radius 3 is 2.45 bits per heavy atom. The molecule has 1 saturated heterocycles. The van der Waals surface area contributed by atoms with Gasteiger partial charge in [0, 0.05) is 19.6 Å². The molecule has 0 saturated carbocycles. The number of fused-ring (bicyclic) bond motifs is 2. The minimum atomic E-state index is -0.115. The molecule has 0 aromatic heterocycles. The minimum absolute atomic E-state index is 0.0723. The van der Waals surface area contributed by atoms with Gasteiger partial charge in [-0.2, -0.15) is 0 Å². The van der Waals surface area contributed by atoms with E-state index in [1.165, 1.54) is 16.7 Å². The van der Waals surface area contributed by atoms with E-state index in [0.29, 0.717) is 0 Å². The van der Waals surface area contributed by atoms with Crippen LogP contribution in [0, 0.1) is 0 Å². The number of ether oxygens (including phenoxy) is 1. The summed E-state index contributed by atoms with van der Waals surface area (Å²) >= 11 is 4.62. The second kappa shape index (κ2) is 5.73. The highest BCUT2D eigenvalue weighted by molar-refractivity contribution is 7.80. The van der Waals surface area contributed by atoms with Crippen LogP contribution in [0.15, 0.2) is 54.6 Å². The SMILES string of the molecule is SC1OC2(CCN(Cc3ccccc3)CC2)c2ccccc21. The second-order valence-electron chi connectivity index (χ2n) is 6.31. The summed E-state index contributed by atoms with van der Waals surface area (Å²) < 4.78 is 6.30. The summed E-state index contributed by atoms with van der Waals surface area (Å²) in [7, 11) is 0. The van der Waals surface area contributed by atoms with E-state index < -0.39 is 0 Å². The summed E-state index contributed by atoms with van der Waals surface area (Å²) in [5, 5.41) is 0. The van der Waals surface area contributed by atoms with Crippen molar-refractivity contribution in [3.63, 3.8) is 0 Å². The standard InChI is InChI=1S/C19H21NOS/c22-18-16-8-4-5-9-17(16)19(21-18)10-12-20(13-11-19)14-15-6-2-1-3-7-15/h1-9,18,22H,10-14H2. The molecule has 1 fully saturated rings. The number of hydrogen-bond donors (Lipinski definition) is 1. The molecule has 0 bridgehead atoms. The third-order valence-electron chi connectivity index (χ3n) is 4.97. The molecule has 0 N–H and O–H groups in total. The fraction of sp³-hybridized carbons (Fsp3) is 0.368. The Kier molecular flexibility index (Phi) is 3.73. The van der Waals surface area contributed by atoms with Gasteiger partial charge in [-0.25, -0.2) is 0 Å².